The summed E-state index contributed by atoms with van der Waals surface area (Å²) in [4.78, 5) is 30.9. The summed E-state index contributed by atoms with van der Waals surface area (Å²) in [7, 11) is 1.65. The minimum Gasteiger partial charge on any atom is -0.377 e. The molecule has 2 amide bonds. The fourth-order valence-electron chi connectivity index (χ4n) is 5.19. The molecule has 2 unspecified atom stereocenters. The van der Waals surface area contributed by atoms with Gasteiger partial charge in [-0.15, -0.1) is 0 Å². The highest BCUT2D eigenvalue weighted by atomic mass is 19.4. The maximum atomic E-state index is 13.0. The molecular weight excluding hydrogens is 497 g/mol. The minimum atomic E-state index is -4.64. The van der Waals surface area contributed by atoms with E-state index in [2.05, 4.69) is 26.6 Å². The Balaban J connectivity index is 1.44. The Labute approximate surface area is 218 Å². The van der Waals surface area contributed by atoms with Gasteiger partial charge in [0.05, 0.1) is 25.2 Å². The number of halogens is 3. The lowest BCUT2D eigenvalue weighted by Crippen LogP contribution is -2.56. The van der Waals surface area contributed by atoms with Gasteiger partial charge >= 0.3 is 6.18 Å². The normalized spacial score (nSPS) is 18.8. The molecule has 2 atom stereocenters. The molecule has 5 rings (SSSR count). The molecule has 0 saturated carbocycles. The number of ether oxygens (including phenoxy) is 1. The number of hydrogen-bond donors (Lipinski definition) is 2. The van der Waals surface area contributed by atoms with Crippen molar-refractivity contribution in [2.45, 2.75) is 25.6 Å². The van der Waals surface area contributed by atoms with E-state index in [0.717, 1.165) is 40.2 Å². The summed E-state index contributed by atoms with van der Waals surface area (Å²) >= 11 is 0. The van der Waals surface area contributed by atoms with Crippen molar-refractivity contribution in [3.63, 3.8) is 0 Å². The van der Waals surface area contributed by atoms with Gasteiger partial charge in [-0.05, 0) is 65.9 Å². The SMILES string of the molecule is CNC(=O)C1Cc2ccc(-c3cc(NC(=O)c4ccnc(C(F)(F)F)c4)ccc3C)cc2N2CCOCC12. The number of nitrogens with zero attached hydrogens (tertiary/aromatic N) is 2. The number of nitrogens with one attached hydrogen (secondary N) is 2. The molecule has 2 aliphatic rings. The summed E-state index contributed by atoms with van der Waals surface area (Å²) < 4.78 is 44.8. The van der Waals surface area contributed by atoms with Crippen LogP contribution in [0.4, 0.5) is 24.5 Å². The lowest BCUT2D eigenvalue weighted by molar-refractivity contribution is -0.141. The van der Waals surface area contributed by atoms with Crippen LogP contribution in [0.5, 0.6) is 0 Å². The minimum absolute atomic E-state index is 0.00364. The molecule has 0 spiro atoms. The highest BCUT2D eigenvalue weighted by Crippen LogP contribution is 2.39. The second kappa shape index (κ2) is 10.1. The van der Waals surface area contributed by atoms with Crippen LogP contribution in [0.15, 0.2) is 54.7 Å². The number of anilines is 2. The van der Waals surface area contributed by atoms with E-state index in [9.17, 15) is 22.8 Å². The highest BCUT2D eigenvalue weighted by Gasteiger charge is 2.40. The van der Waals surface area contributed by atoms with E-state index in [1.54, 1.807) is 13.1 Å². The van der Waals surface area contributed by atoms with Gasteiger partial charge in [0.15, 0.2) is 0 Å². The van der Waals surface area contributed by atoms with E-state index in [4.69, 9.17) is 4.74 Å². The second-order valence-electron chi connectivity index (χ2n) is 9.52. The first-order chi connectivity index (χ1) is 18.2. The molecule has 2 aromatic carbocycles. The molecule has 1 saturated heterocycles. The maximum absolute atomic E-state index is 13.0. The summed E-state index contributed by atoms with van der Waals surface area (Å²) in [5.74, 6) is -0.865. The zero-order chi connectivity index (χ0) is 27.0. The van der Waals surface area contributed by atoms with Crippen LogP contribution < -0.4 is 15.5 Å². The van der Waals surface area contributed by atoms with Crippen LogP contribution in [0.1, 0.15) is 27.2 Å². The van der Waals surface area contributed by atoms with Crippen LogP contribution in [-0.4, -0.2) is 49.6 Å². The van der Waals surface area contributed by atoms with Crippen LogP contribution in [0.2, 0.25) is 0 Å². The van der Waals surface area contributed by atoms with Crippen molar-refractivity contribution in [3.8, 4) is 11.1 Å². The van der Waals surface area contributed by atoms with Crippen molar-refractivity contribution in [2.24, 2.45) is 5.92 Å². The molecule has 10 heteroatoms. The lowest BCUT2D eigenvalue weighted by Gasteiger charge is -2.45. The monoisotopic (exact) mass is 524 g/mol. The van der Waals surface area contributed by atoms with Gasteiger partial charge in [0.2, 0.25) is 5.91 Å². The third kappa shape index (κ3) is 4.96. The molecule has 3 aromatic rings. The summed E-state index contributed by atoms with van der Waals surface area (Å²) in [6.45, 7) is 3.69. The zero-order valence-electron chi connectivity index (χ0n) is 20.9. The number of carbonyl (C=O) groups excluding carboxylic acids is 2. The Morgan fingerprint density at radius 3 is 2.68 bits per heavy atom. The molecule has 2 N–H and O–H groups in total. The zero-order valence-corrected chi connectivity index (χ0v) is 20.9. The summed E-state index contributed by atoms with van der Waals surface area (Å²) in [6.07, 6.45) is -3.06. The number of pyridine rings is 1. The van der Waals surface area contributed by atoms with Gasteiger partial charge in [0.1, 0.15) is 5.69 Å². The van der Waals surface area contributed by atoms with Crippen molar-refractivity contribution in [1.82, 2.24) is 10.3 Å². The van der Waals surface area contributed by atoms with Crippen LogP contribution in [0.25, 0.3) is 11.1 Å². The molecule has 1 aromatic heterocycles. The van der Waals surface area contributed by atoms with E-state index in [0.29, 0.717) is 31.9 Å². The molecular formula is C28H27F3N4O3. The van der Waals surface area contributed by atoms with Crippen molar-refractivity contribution in [1.29, 1.82) is 0 Å². The van der Waals surface area contributed by atoms with Gasteiger partial charge in [-0.3, -0.25) is 14.6 Å². The smallest absolute Gasteiger partial charge is 0.377 e. The third-order valence-electron chi connectivity index (χ3n) is 7.17. The average Bonchev–Trinajstić information content (AvgIpc) is 2.92. The van der Waals surface area contributed by atoms with Crippen molar-refractivity contribution in [2.75, 3.05) is 37.0 Å². The molecule has 7 nitrogen and oxygen atoms in total. The number of rotatable bonds is 4. The molecule has 2 aliphatic heterocycles. The summed E-state index contributed by atoms with van der Waals surface area (Å²) in [6, 6.07) is 13.4. The summed E-state index contributed by atoms with van der Waals surface area (Å²) in [5, 5.41) is 5.47. The first-order valence-electron chi connectivity index (χ1n) is 12.3. The number of carbonyl (C=O) groups is 2. The molecule has 0 radical (unpaired) electrons. The van der Waals surface area contributed by atoms with Crippen LogP contribution in [0, 0.1) is 12.8 Å². The Bertz CT molecular complexity index is 1390. The second-order valence-corrected chi connectivity index (χ2v) is 9.52. The van der Waals surface area contributed by atoms with E-state index in [1.165, 1.54) is 6.07 Å². The van der Waals surface area contributed by atoms with Crippen molar-refractivity contribution >= 4 is 23.2 Å². The number of morpholine rings is 1. The van der Waals surface area contributed by atoms with Gasteiger partial charge in [-0.25, -0.2) is 0 Å². The van der Waals surface area contributed by atoms with Crippen molar-refractivity contribution < 1.29 is 27.5 Å². The van der Waals surface area contributed by atoms with Gasteiger partial charge in [0.25, 0.3) is 5.91 Å². The van der Waals surface area contributed by atoms with Crippen LogP contribution >= 0.6 is 0 Å². The standard InChI is InChI=1S/C28H27F3N4O3/c1-16-3-6-20(34-26(36)19-7-8-33-25(13-19)28(29,30)31)14-21(16)17-4-5-18-11-22(27(37)32-2)24-15-38-10-9-35(24)23(18)12-17/h3-8,12-14,22,24H,9-11,15H2,1-2H3,(H,32,37)(H,34,36). The first kappa shape index (κ1) is 25.7. The first-order valence-corrected chi connectivity index (χ1v) is 12.3. The van der Waals surface area contributed by atoms with Gasteiger partial charge in [0, 0.05) is 36.7 Å². The van der Waals surface area contributed by atoms with E-state index in [1.807, 2.05) is 31.2 Å². The summed E-state index contributed by atoms with van der Waals surface area (Å²) in [5.41, 5.74) is 4.14. The fourth-order valence-corrected chi connectivity index (χ4v) is 5.19. The average molecular weight is 525 g/mol. The number of fused-ring (bicyclic) bond motifs is 3. The van der Waals surface area contributed by atoms with E-state index < -0.39 is 17.8 Å². The van der Waals surface area contributed by atoms with Gasteiger partial charge in [-0.1, -0.05) is 18.2 Å². The maximum Gasteiger partial charge on any atom is 0.433 e. The molecule has 0 aliphatic carbocycles. The Morgan fingerprint density at radius 2 is 1.92 bits per heavy atom. The molecule has 1 fully saturated rings. The Hall–Kier alpha value is -3.92. The molecule has 0 bridgehead atoms. The van der Waals surface area contributed by atoms with Crippen LogP contribution in [0.3, 0.4) is 0 Å². The quantitative estimate of drug-likeness (QED) is 0.527. The number of benzene rings is 2. The highest BCUT2D eigenvalue weighted by molar-refractivity contribution is 6.04. The Kier molecular flexibility index (Phi) is 6.83. The molecule has 198 valence electrons. The van der Waals surface area contributed by atoms with Crippen molar-refractivity contribution in [3.05, 3.63) is 77.1 Å². The van der Waals surface area contributed by atoms with E-state index >= 15 is 0 Å². The van der Waals surface area contributed by atoms with Gasteiger partial charge < -0.3 is 20.3 Å². The number of alkyl halides is 3. The lowest BCUT2D eigenvalue weighted by atomic mass is 9.83. The predicted molar refractivity (Wildman–Crippen MR) is 137 cm³/mol. The number of hydrogen-bond acceptors (Lipinski definition) is 5. The Morgan fingerprint density at radius 1 is 1.11 bits per heavy atom. The van der Waals surface area contributed by atoms with E-state index in [-0.39, 0.29) is 23.4 Å². The number of aryl methyl sites for hydroxylation is 1. The largest absolute Gasteiger partial charge is 0.433 e. The molecule has 38 heavy (non-hydrogen) atoms. The fraction of sp³-hybridized carbons (Fsp3) is 0.321. The number of aromatic nitrogens is 1. The van der Waals surface area contributed by atoms with Gasteiger partial charge in [-0.2, -0.15) is 13.2 Å². The number of amides is 2. The van der Waals surface area contributed by atoms with Crippen LogP contribution in [-0.2, 0) is 22.1 Å². The topological polar surface area (TPSA) is 83.6 Å². The third-order valence-corrected chi connectivity index (χ3v) is 7.17. The molecule has 3 heterocycles. The predicted octanol–water partition coefficient (Wildman–Crippen LogP) is 4.45.